The van der Waals surface area contributed by atoms with Gasteiger partial charge in [-0.3, -0.25) is 0 Å². The van der Waals surface area contributed by atoms with E-state index in [0.29, 0.717) is 19.8 Å². The first kappa shape index (κ1) is 12.1. The lowest BCUT2D eigenvalue weighted by Gasteiger charge is -2.14. The van der Waals surface area contributed by atoms with Crippen LogP contribution in [0.2, 0.25) is 0 Å². The fourth-order valence-electron chi connectivity index (χ4n) is 1.55. The SMILES string of the molecule is CCOCCC(CN)c1cccc(F)c1. The summed E-state index contributed by atoms with van der Waals surface area (Å²) >= 11 is 0. The van der Waals surface area contributed by atoms with Crippen LogP contribution in [0.1, 0.15) is 24.8 Å². The third kappa shape index (κ3) is 3.98. The Hall–Kier alpha value is -0.930. The monoisotopic (exact) mass is 211 g/mol. The van der Waals surface area contributed by atoms with E-state index in [-0.39, 0.29) is 11.7 Å². The molecule has 15 heavy (non-hydrogen) atoms. The average Bonchev–Trinajstić information content (AvgIpc) is 2.24. The van der Waals surface area contributed by atoms with Gasteiger partial charge in [-0.1, -0.05) is 12.1 Å². The highest BCUT2D eigenvalue weighted by Crippen LogP contribution is 2.19. The molecular weight excluding hydrogens is 193 g/mol. The first-order valence-corrected chi connectivity index (χ1v) is 5.31. The summed E-state index contributed by atoms with van der Waals surface area (Å²) in [6, 6.07) is 6.61. The Morgan fingerprint density at radius 2 is 2.27 bits per heavy atom. The molecular formula is C12H18FNO. The van der Waals surface area contributed by atoms with E-state index in [1.165, 1.54) is 6.07 Å². The van der Waals surface area contributed by atoms with Gasteiger partial charge in [0, 0.05) is 13.2 Å². The first-order chi connectivity index (χ1) is 7.27. The van der Waals surface area contributed by atoms with Crippen molar-refractivity contribution in [2.24, 2.45) is 5.73 Å². The molecule has 0 radical (unpaired) electrons. The molecule has 0 saturated heterocycles. The van der Waals surface area contributed by atoms with Crippen molar-refractivity contribution < 1.29 is 9.13 Å². The van der Waals surface area contributed by atoms with Gasteiger partial charge in [0.05, 0.1) is 0 Å². The maximum absolute atomic E-state index is 13.0. The molecule has 1 unspecified atom stereocenters. The van der Waals surface area contributed by atoms with Crippen molar-refractivity contribution in [2.75, 3.05) is 19.8 Å². The van der Waals surface area contributed by atoms with Gasteiger partial charge < -0.3 is 10.5 Å². The van der Waals surface area contributed by atoms with Crippen LogP contribution in [-0.2, 0) is 4.74 Å². The molecule has 0 aliphatic carbocycles. The van der Waals surface area contributed by atoms with Crippen LogP contribution in [0.25, 0.3) is 0 Å². The maximum Gasteiger partial charge on any atom is 0.123 e. The molecule has 1 aromatic rings. The highest BCUT2D eigenvalue weighted by atomic mass is 19.1. The molecule has 0 aliphatic rings. The van der Waals surface area contributed by atoms with Gasteiger partial charge >= 0.3 is 0 Å². The molecule has 0 amide bonds. The number of benzene rings is 1. The third-order valence-corrected chi connectivity index (χ3v) is 2.42. The molecule has 1 atom stereocenters. The zero-order chi connectivity index (χ0) is 11.1. The number of nitrogens with two attached hydrogens (primary N) is 1. The second-order valence-corrected chi connectivity index (χ2v) is 3.47. The second kappa shape index (κ2) is 6.53. The van der Waals surface area contributed by atoms with Crippen LogP contribution in [0, 0.1) is 5.82 Å². The predicted molar refractivity (Wildman–Crippen MR) is 59.3 cm³/mol. The van der Waals surface area contributed by atoms with Crippen molar-refractivity contribution >= 4 is 0 Å². The number of rotatable bonds is 6. The van der Waals surface area contributed by atoms with E-state index >= 15 is 0 Å². The fourth-order valence-corrected chi connectivity index (χ4v) is 1.55. The molecule has 84 valence electrons. The fraction of sp³-hybridized carbons (Fsp3) is 0.500. The molecule has 3 heteroatoms. The van der Waals surface area contributed by atoms with Gasteiger partial charge in [0.15, 0.2) is 0 Å². The van der Waals surface area contributed by atoms with E-state index < -0.39 is 0 Å². The Bertz CT molecular complexity index is 291. The smallest absolute Gasteiger partial charge is 0.123 e. The Morgan fingerprint density at radius 1 is 1.47 bits per heavy atom. The van der Waals surface area contributed by atoms with Gasteiger partial charge in [-0.15, -0.1) is 0 Å². The Kier molecular flexibility index (Phi) is 5.29. The van der Waals surface area contributed by atoms with Crippen molar-refractivity contribution in [1.29, 1.82) is 0 Å². The molecule has 0 spiro atoms. The predicted octanol–water partition coefficient (Wildman–Crippen LogP) is 2.29. The molecule has 0 bridgehead atoms. The molecule has 2 nitrogen and oxygen atoms in total. The quantitative estimate of drug-likeness (QED) is 0.733. The Morgan fingerprint density at radius 3 is 2.87 bits per heavy atom. The maximum atomic E-state index is 13.0. The summed E-state index contributed by atoms with van der Waals surface area (Å²) in [5, 5.41) is 0. The van der Waals surface area contributed by atoms with E-state index in [4.69, 9.17) is 10.5 Å². The van der Waals surface area contributed by atoms with Crippen LogP contribution >= 0.6 is 0 Å². The summed E-state index contributed by atoms with van der Waals surface area (Å²) in [6.45, 7) is 3.87. The average molecular weight is 211 g/mol. The molecule has 1 aromatic carbocycles. The number of hydrogen-bond donors (Lipinski definition) is 1. The first-order valence-electron chi connectivity index (χ1n) is 5.31. The second-order valence-electron chi connectivity index (χ2n) is 3.47. The summed E-state index contributed by atoms with van der Waals surface area (Å²) in [6.07, 6.45) is 0.841. The molecule has 2 N–H and O–H groups in total. The molecule has 0 heterocycles. The molecule has 0 saturated carbocycles. The Balaban J connectivity index is 2.57. The topological polar surface area (TPSA) is 35.2 Å². The van der Waals surface area contributed by atoms with Crippen molar-refractivity contribution in [2.45, 2.75) is 19.3 Å². The standard InChI is InChI=1S/C12H18FNO/c1-2-15-7-6-11(9-14)10-4-3-5-12(13)8-10/h3-5,8,11H,2,6-7,9,14H2,1H3. The largest absolute Gasteiger partial charge is 0.382 e. The number of ether oxygens (including phenoxy) is 1. The van der Waals surface area contributed by atoms with Gasteiger partial charge in [-0.2, -0.15) is 0 Å². The van der Waals surface area contributed by atoms with E-state index in [0.717, 1.165) is 12.0 Å². The zero-order valence-electron chi connectivity index (χ0n) is 9.08. The normalized spacial score (nSPS) is 12.7. The highest BCUT2D eigenvalue weighted by Gasteiger charge is 2.09. The third-order valence-electron chi connectivity index (χ3n) is 2.42. The van der Waals surface area contributed by atoms with Crippen LogP contribution in [-0.4, -0.2) is 19.8 Å². The number of halogens is 1. The number of hydrogen-bond acceptors (Lipinski definition) is 2. The summed E-state index contributed by atoms with van der Waals surface area (Å²) in [7, 11) is 0. The summed E-state index contributed by atoms with van der Waals surface area (Å²) in [5.41, 5.74) is 6.61. The van der Waals surface area contributed by atoms with Gasteiger partial charge in [-0.25, -0.2) is 4.39 Å². The van der Waals surface area contributed by atoms with E-state index in [9.17, 15) is 4.39 Å². The lowest BCUT2D eigenvalue weighted by molar-refractivity contribution is 0.140. The Labute approximate surface area is 90.2 Å². The van der Waals surface area contributed by atoms with Crippen molar-refractivity contribution in [3.05, 3.63) is 35.6 Å². The van der Waals surface area contributed by atoms with Gasteiger partial charge in [0.1, 0.15) is 5.82 Å². The van der Waals surface area contributed by atoms with Crippen molar-refractivity contribution in [3.8, 4) is 0 Å². The lowest BCUT2D eigenvalue weighted by Crippen LogP contribution is -2.15. The van der Waals surface area contributed by atoms with Crippen LogP contribution in [0.3, 0.4) is 0 Å². The van der Waals surface area contributed by atoms with E-state index in [1.54, 1.807) is 12.1 Å². The summed E-state index contributed by atoms with van der Waals surface area (Å²) < 4.78 is 18.2. The van der Waals surface area contributed by atoms with Gasteiger partial charge in [-0.05, 0) is 43.5 Å². The van der Waals surface area contributed by atoms with Crippen molar-refractivity contribution in [3.63, 3.8) is 0 Å². The highest BCUT2D eigenvalue weighted by molar-refractivity contribution is 5.20. The van der Waals surface area contributed by atoms with Crippen LogP contribution in [0.15, 0.2) is 24.3 Å². The molecule has 0 fully saturated rings. The van der Waals surface area contributed by atoms with Gasteiger partial charge in [0.25, 0.3) is 0 Å². The summed E-state index contributed by atoms with van der Waals surface area (Å²) in [5.74, 6) is -0.0189. The minimum atomic E-state index is -0.206. The lowest BCUT2D eigenvalue weighted by atomic mass is 9.96. The minimum Gasteiger partial charge on any atom is -0.382 e. The molecule has 0 aliphatic heterocycles. The van der Waals surface area contributed by atoms with Crippen LogP contribution in [0.4, 0.5) is 4.39 Å². The van der Waals surface area contributed by atoms with E-state index in [1.807, 2.05) is 13.0 Å². The minimum absolute atomic E-state index is 0.187. The summed E-state index contributed by atoms with van der Waals surface area (Å²) in [4.78, 5) is 0. The molecule has 0 aromatic heterocycles. The zero-order valence-corrected chi connectivity index (χ0v) is 9.08. The van der Waals surface area contributed by atoms with Crippen LogP contribution in [0.5, 0.6) is 0 Å². The van der Waals surface area contributed by atoms with E-state index in [2.05, 4.69) is 0 Å². The van der Waals surface area contributed by atoms with Gasteiger partial charge in [0.2, 0.25) is 0 Å². The molecule has 1 rings (SSSR count). The van der Waals surface area contributed by atoms with Crippen LogP contribution < -0.4 is 5.73 Å². The van der Waals surface area contributed by atoms with Crippen molar-refractivity contribution in [1.82, 2.24) is 0 Å².